The molecule has 0 saturated carbocycles. The summed E-state index contributed by atoms with van der Waals surface area (Å²) >= 11 is 0. The van der Waals surface area contributed by atoms with Gasteiger partial charge < -0.3 is 14.2 Å². The van der Waals surface area contributed by atoms with E-state index in [-0.39, 0.29) is 31.1 Å². The third kappa shape index (κ3) is 42.6. The molecular weight excluding hydrogens is 685 g/mol. The molecule has 0 fully saturated rings. The number of carbonyl (C=O) groups is 3. The van der Waals surface area contributed by atoms with Crippen LogP contribution >= 0.6 is 0 Å². The average Bonchev–Trinajstić information content (AvgIpc) is 3.18. The molecule has 0 aliphatic carbocycles. The second-order valence-electron chi connectivity index (χ2n) is 15.7. The highest BCUT2D eigenvalue weighted by molar-refractivity contribution is 5.71. The molecule has 0 aromatic heterocycles. The molecule has 0 bridgehead atoms. The molecular formula is C49H88O6. The van der Waals surface area contributed by atoms with Gasteiger partial charge in [0.25, 0.3) is 0 Å². The van der Waals surface area contributed by atoms with Crippen molar-refractivity contribution in [1.29, 1.82) is 0 Å². The summed E-state index contributed by atoms with van der Waals surface area (Å²) < 4.78 is 16.7. The molecule has 0 N–H and O–H groups in total. The molecule has 6 nitrogen and oxygen atoms in total. The number of unbranched alkanes of at least 4 members (excludes halogenated alkanes) is 25. The number of esters is 3. The quantitative estimate of drug-likeness (QED) is 0.0266. The summed E-state index contributed by atoms with van der Waals surface area (Å²) in [5.74, 6) is -0.906. The van der Waals surface area contributed by atoms with E-state index < -0.39 is 6.10 Å². The summed E-state index contributed by atoms with van der Waals surface area (Å²) in [5, 5.41) is 0. The van der Waals surface area contributed by atoms with Crippen LogP contribution in [0, 0.1) is 0 Å². The van der Waals surface area contributed by atoms with E-state index in [1.54, 1.807) is 0 Å². The third-order valence-corrected chi connectivity index (χ3v) is 10.1. The van der Waals surface area contributed by atoms with Crippen LogP contribution in [-0.2, 0) is 28.6 Å². The lowest BCUT2D eigenvalue weighted by Crippen LogP contribution is -2.30. The third-order valence-electron chi connectivity index (χ3n) is 10.1. The highest BCUT2D eigenvalue weighted by Crippen LogP contribution is 2.13. The monoisotopic (exact) mass is 773 g/mol. The van der Waals surface area contributed by atoms with Crippen molar-refractivity contribution >= 4 is 17.9 Å². The Balaban J connectivity index is 4.40. The largest absolute Gasteiger partial charge is 0.462 e. The summed E-state index contributed by atoms with van der Waals surface area (Å²) in [7, 11) is 0. The van der Waals surface area contributed by atoms with Gasteiger partial charge in [0.2, 0.25) is 0 Å². The Kier molecular flexibility index (Phi) is 42.4. The summed E-state index contributed by atoms with van der Waals surface area (Å²) in [6.07, 6.45) is 49.7. The van der Waals surface area contributed by atoms with Crippen LogP contribution in [0.3, 0.4) is 0 Å². The fourth-order valence-corrected chi connectivity index (χ4v) is 6.48. The van der Waals surface area contributed by atoms with E-state index in [9.17, 15) is 14.4 Å². The van der Waals surface area contributed by atoms with Gasteiger partial charge in [-0.3, -0.25) is 14.4 Å². The average molecular weight is 773 g/mol. The van der Waals surface area contributed by atoms with Crippen molar-refractivity contribution in [1.82, 2.24) is 0 Å². The Morgan fingerprint density at radius 3 is 0.945 bits per heavy atom. The van der Waals surface area contributed by atoms with Crippen LogP contribution in [0.15, 0.2) is 36.5 Å². The van der Waals surface area contributed by atoms with E-state index in [1.165, 1.54) is 116 Å². The van der Waals surface area contributed by atoms with Gasteiger partial charge in [-0.2, -0.15) is 0 Å². The Labute approximate surface area is 340 Å². The fourth-order valence-electron chi connectivity index (χ4n) is 6.48. The van der Waals surface area contributed by atoms with Gasteiger partial charge in [0.1, 0.15) is 13.2 Å². The fraction of sp³-hybridized carbons (Fsp3) is 0.816. The van der Waals surface area contributed by atoms with Crippen molar-refractivity contribution in [3.05, 3.63) is 36.5 Å². The van der Waals surface area contributed by atoms with Crippen LogP contribution in [0.5, 0.6) is 0 Å². The Bertz CT molecular complexity index is 938. The Morgan fingerprint density at radius 2 is 0.600 bits per heavy atom. The lowest BCUT2D eigenvalue weighted by atomic mass is 10.1. The smallest absolute Gasteiger partial charge is 0.306 e. The summed E-state index contributed by atoms with van der Waals surface area (Å²) in [4.78, 5) is 37.7. The zero-order valence-corrected chi connectivity index (χ0v) is 36.4. The molecule has 0 rings (SSSR count). The number of carbonyl (C=O) groups excluding carboxylic acids is 3. The number of hydrogen-bond donors (Lipinski definition) is 0. The second-order valence-corrected chi connectivity index (χ2v) is 15.7. The highest BCUT2D eigenvalue weighted by Gasteiger charge is 2.19. The predicted octanol–water partition coefficient (Wildman–Crippen LogP) is 15.0. The molecule has 0 spiro atoms. The molecule has 0 amide bonds. The molecule has 0 saturated heterocycles. The van der Waals surface area contributed by atoms with E-state index in [1.807, 2.05) is 0 Å². The lowest BCUT2D eigenvalue weighted by molar-refractivity contribution is -0.167. The van der Waals surface area contributed by atoms with Gasteiger partial charge in [0.05, 0.1) is 0 Å². The first kappa shape index (κ1) is 52.6. The summed E-state index contributed by atoms with van der Waals surface area (Å²) in [5.41, 5.74) is 0. The SMILES string of the molecule is CCCCC/C=C\CCCCCCCC(=O)OCC(COC(=O)CCCCCCC/C=C\CCCCCC)OC(=O)CCCCCCC/C=C\CCCCC. The van der Waals surface area contributed by atoms with Gasteiger partial charge >= 0.3 is 17.9 Å². The first-order valence-electron chi connectivity index (χ1n) is 23.5. The van der Waals surface area contributed by atoms with Crippen molar-refractivity contribution in [2.45, 2.75) is 245 Å². The maximum atomic E-state index is 12.7. The van der Waals surface area contributed by atoms with Crippen LogP contribution in [0.1, 0.15) is 239 Å². The van der Waals surface area contributed by atoms with Crippen molar-refractivity contribution in [2.24, 2.45) is 0 Å². The van der Waals surface area contributed by atoms with Gasteiger partial charge in [0.15, 0.2) is 6.10 Å². The van der Waals surface area contributed by atoms with Crippen LogP contribution in [0.25, 0.3) is 0 Å². The molecule has 1 unspecified atom stereocenters. The second kappa shape index (κ2) is 44.3. The normalized spacial score (nSPS) is 12.3. The molecule has 0 aromatic rings. The van der Waals surface area contributed by atoms with Gasteiger partial charge in [-0.05, 0) is 96.3 Å². The minimum absolute atomic E-state index is 0.0817. The maximum absolute atomic E-state index is 12.7. The van der Waals surface area contributed by atoms with Crippen LogP contribution in [0.2, 0.25) is 0 Å². The summed E-state index contributed by atoms with van der Waals surface area (Å²) in [6, 6.07) is 0. The molecule has 0 heterocycles. The molecule has 0 aliphatic rings. The van der Waals surface area contributed by atoms with Crippen molar-refractivity contribution in [3.8, 4) is 0 Å². The number of rotatable bonds is 42. The highest BCUT2D eigenvalue weighted by atomic mass is 16.6. The van der Waals surface area contributed by atoms with Gasteiger partial charge in [0, 0.05) is 19.3 Å². The molecule has 55 heavy (non-hydrogen) atoms. The molecule has 6 heteroatoms. The molecule has 0 radical (unpaired) electrons. The first-order valence-corrected chi connectivity index (χ1v) is 23.5. The van der Waals surface area contributed by atoms with E-state index in [0.29, 0.717) is 19.3 Å². The maximum Gasteiger partial charge on any atom is 0.306 e. The Hall–Kier alpha value is -2.37. The lowest BCUT2D eigenvalue weighted by Gasteiger charge is -2.18. The summed E-state index contributed by atoms with van der Waals surface area (Å²) in [6.45, 7) is 6.55. The van der Waals surface area contributed by atoms with Gasteiger partial charge in [-0.1, -0.05) is 160 Å². The van der Waals surface area contributed by atoms with Crippen LogP contribution in [-0.4, -0.2) is 37.2 Å². The van der Waals surface area contributed by atoms with Crippen molar-refractivity contribution in [2.75, 3.05) is 13.2 Å². The van der Waals surface area contributed by atoms with E-state index in [2.05, 4.69) is 57.2 Å². The molecule has 320 valence electrons. The van der Waals surface area contributed by atoms with Gasteiger partial charge in [-0.15, -0.1) is 0 Å². The van der Waals surface area contributed by atoms with E-state index >= 15 is 0 Å². The van der Waals surface area contributed by atoms with Crippen molar-refractivity contribution < 1.29 is 28.6 Å². The number of hydrogen-bond acceptors (Lipinski definition) is 6. The number of ether oxygens (including phenoxy) is 3. The van der Waals surface area contributed by atoms with Gasteiger partial charge in [-0.25, -0.2) is 0 Å². The number of allylic oxidation sites excluding steroid dienone is 6. The predicted molar refractivity (Wildman–Crippen MR) is 233 cm³/mol. The molecule has 1 atom stereocenters. The van der Waals surface area contributed by atoms with Crippen molar-refractivity contribution in [3.63, 3.8) is 0 Å². The minimum Gasteiger partial charge on any atom is -0.462 e. The zero-order chi connectivity index (χ0) is 40.1. The first-order chi connectivity index (χ1) is 27.0. The standard InChI is InChI=1S/C49H88O6/c1-4-7-10-13-16-19-22-25-28-30-33-36-39-42-48(51)54-45-46(55-49(52)43-40-37-34-31-27-24-21-18-15-12-9-6-3)44-53-47(50)41-38-35-32-29-26-23-20-17-14-11-8-5-2/h17-22,46H,4-16,23-45H2,1-3H3/b20-17-,21-18-,22-19-. The van der Waals surface area contributed by atoms with Crippen LogP contribution < -0.4 is 0 Å². The molecule has 0 aromatic carbocycles. The van der Waals surface area contributed by atoms with Crippen LogP contribution in [0.4, 0.5) is 0 Å². The zero-order valence-electron chi connectivity index (χ0n) is 36.4. The van der Waals surface area contributed by atoms with E-state index in [0.717, 1.165) is 83.5 Å². The minimum atomic E-state index is -0.778. The Morgan fingerprint density at radius 1 is 0.345 bits per heavy atom. The van der Waals surface area contributed by atoms with E-state index in [4.69, 9.17) is 14.2 Å². The molecule has 0 aliphatic heterocycles. The topological polar surface area (TPSA) is 78.9 Å².